The Bertz CT molecular complexity index is 1730. The molecule has 4 aliphatic rings. The number of nitrogens with zero attached hydrogens (tertiary/aromatic N) is 11. The molecule has 6 heterocycles. The minimum Gasteiger partial charge on any atom is -0.395 e. The van der Waals surface area contributed by atoms with Crippen LogP contribution in [-0.2, 0) is 18.4 Å². The average Bonchev–Trinajstić information content (AvgIpc) is 3.78. The van der Waals surface area contributed by atoms with Gasteiger partial charge in [0.05, 0.1) is 23.0 Å². The highest BCUT2D eigenvalue weighted by Crippen LogP contribution is 2.47. The molecule has 50 heavy (non-hydrogen) atoms. The van der Waals surface area contributed by atoms with Crippen LogP contribution in [0.5, 0.6) is 0 Å². The smallest absolute Gasteiger partial charge is 0.395 e. The Morgan fingerprint density at radius 3 is 1.86 bits per heavy atom. The lowest BCUT2D eigenvalue weighted by Gasteiger charge is -2.40. The first-order chi connectivity index (χ1) is 24.2. The van der Waals surface area contributed by atoms with E-state index in [1.165, 1.54) is 0 Å². The number of hydrogen-bond donors (Lipinski definition) is 2. The molecule has 18 heteroatoms. The van der Waals surface area contributed by atoms with Gasteiger partial charge in [-0.05, 0) is 25.7 Å². The maximum atomic E-state index is 11.4. The standard InChI is InChI=1S/C14H15N5.C13H17N5O.C5H10N2O4P/c1-2-11-3-4-12-10-18(7-8-19(11)12)14-13(9-15)16-5-6-17-14;14-7-12-13(16-4-3-15-12)17-5-6-18-10(8-17)1-2-11(18)9-19;1-4(8)5(7-6)12(9,10-2)11-3/h1,5-6,11-12H,3-4,7-8,10H2;3-4,10-11,19H,1-2,5-6,8-9H2;6H,1-3H3/q;;+1/t11-,12-;10-,11+;/m00./s1. The molecule has 17 nitrogen and oxygen atoms in total. The van der Waals surface area contributed by atoms with Crippen molar-refractivity contribution in [3.05, 3.63) is 36.2 Å². The molecule has 4 saturated heterocycles. The van der Waals surface area contributed by atoms with Gasteiger partial charge in [0.25, 0.3) is 5.78 Å². The Labute approximate surface area is 291 Å². The van der Waals surface area contributed by atoms with E-state index in [2.05, 4.69) is 71.4 Å². The van der Waals surface area contributed by atoms with Crippen molar-refractivity contribution in [1.82, 2.24) is 29.7 Å². The van der Waals surface area contributed by atoms with Gasteiger partial charge in [-0.15, -0.1) is 6.42 Å². The molecule has 0 aliphatic carbocycles. The Kier molecular flexibility index (Phi) is 13.6. The highest BCUT2D eigenvalue weighted by Gasteiger charge is 2.44. The lowest BCUT2D eigenvalue weighted by atomic mass is 10.1. The fourth-order valence-electron chi connectivity index (χ4n) is 6.83. The maximum absolute atomic E-state index is 11.4. The summed E-state index contributed by atoms with van der Waals surface area (Å²) in [4.78, 5) is 39.4. The van der Waals surface area contributed by atoms with E-state index in [0.717, 1.165) is 86.1 Å². The highest BCUT2D eigenvalue weighted by atomic mass is 31.2. The molecule has 2 aromatic heterocycles. The van der Waals surface area contributed by atoms with Gasteiger partial charge < -0.3 is 24.0 Å². The number of carbonyl (C=O) groups is 1. The lowest BCUT2D eigenvalue weighted by Crippen LogP contribution is -2.53. The van der Waals surface area contributed by atoms with Crippen LogP contribution in [0.2, 0.25) is 0 Å². The molecule has 4 atom stereocenters. The number of carbonyl (C=O) groups excluding carboxylic acids is 1. The molecule has 0 amide bonds. The van der Waals surface area contributed by atoms with Gasteiger partial charge in [0.2, 0.25) is 0 Å². The van der Waals surface area contributed by atoms with E-state index in [0.29, 0.717) is 41.1 Å². The van der Waals surface area contributed by atoms with Crippen molar-refractivity contribution in [2.24, 2.45) is 0 Å². The first kappa shape index (κ1) is 38.2. The van der Waals surface area contributed by atoms with E-state index in [1.54, 1.807) is 24.8 Å². The molecule has 0 radical (unpaired) electrons. The monoisotopic (exact) mass is 705 g/mol. The number of rotatable bonds is 7. The summed E-state index contributed by atoms with van der Waals surface area (Å²) in [5.41, 5.74) is 6.90. The zero-order valence-electron chi connectivity index (χ0n) is 28.4. The summed E-state index contributed by atoms with van der Waals surface area (Å²) in [5, 5.41) is 27.5. The molecule has 0 spiro atoms. The second-order valence-electron chi connectivity index (χ2n) is 11.9. The van der Waals surface area contributed by atoms with Crippen LogP contribution in [0.25, 0.3) is 0 Å². The number of aliphatic hydroxyl groups is 1. The van der Waals surface area contributed by atoms with Crippen molar-refractivity contribution in [3.8, 4) is 24.5 Å². The van der Waals surface area contributed by atoms with Gasteiger partial charge in [-0.3, -0.25) is 14.6 Å². The number of terminal acetylenes is 1. The number of nitrogens with one attached hydrogen (secondary N) is 1. The predicted molar refractivity (Wildman–Crippen MR) is 181 cm³/mol. The third-order valence-corrected chi connectivity index (χ3v) is 11.2. The number of Topliss-reactive ketones (excluding diaryl/α,β-unsaturated/α-hetero) is 1. The molecule has 0 aromatic carbocycles. The Balaban J connectivity index is 0.000000174. The molecule has 264 valence electrons. The fraction of sp³-hybridized carbons (Fsp3) is 0.562. The lowest BCUT2D eigenvalue weighted by molar-refractivity contribution is -0.133. The molecular weight excluding hydrogens is 663 g/mol. The summed E-state index contributed by atoms with van der Waals surface area (Å²) in [6.07, 6.45) is 16.3. The van der Waals surface area contributed by atoms with Crippen LogP contribution in [0.3, 0.4) is 0 Å². The summed E-state index contributed by atoms with van der Waals surface area (Å²) in [5.74, 6) is 3.66. The topological polar surface area (TPSA) is 223 Å². The SMILES string of the molecule is C#C[C@H]1CC[C@H]2CN(c3nccnc3C#N)CCN21.COP(=O)(OC)C(=[N+]=N)C(C)=O.N#Cc1nccnc1N1CCN2[C@@H](CO)CC[C@H]2C1. The number of aliphatic hydroxyl groups excluding tert-OH is 1. The van der Waals surface area contributed by atoms with Crippen LogP contribution >= 0.6 is 7.60 Å². The number of hydrogen-bond acceptors (Lipinski definition) is 16. The first-order valence-electron chi connectivity index (χ1n) is 16.2. The van der Waals surface area contributed by atoms with Crippen molar-refractivity contribution >= 4 is 30.5 Å². The van der Waals surface area contributed by atoms with Crippen LogP contribution in [0.4, 0.5) is 11.6 Å². The molecule has 2 aromatic rings. The van der Waals surface area contributed by atoms with E-state index in [-0.39, 0.29) is 12.6 Å². The largest absolute Gasteiger partial charge is 0.492 e. The van der Waals surface area contributed by atoms with Crippen molar-refractivity contribution in [3.63, 3.8) is 0 Å². The molecule has 0 bridgehead atoms. The van der Waals surface area contributed by atoms with Crippen LogP contribution in [0.15, 0.2) is 24.8 Å². The molecule has 4 aliphatic heterocycles. The first-order valence-corrected chi connectivity index (χ1v) is 17.7. The molecule has 6 rings (SSSR count). The summed E-state index contributed by atoms with van der Waals surface area (Å²) >= 11 is 0. The van der Waals surface area contributed by atoms with Crippen molar-refractivity contribution in [2.75, 3.05) is 69.9 Å². The third-order valence-electron chi connectivity index (χ3n) is 9.27. The van der Waals surface area contributed by atoms with Crippen LogP contribution in [0, 0.1) is 40.5 Å². The van der Waals surface area contributed by atoms with Gasteiger partial charge in [0, 0.05) is 103 Å². The zero-order valence-corrected chi connectivity index (χ0v) is 29.3. The number of anilines is 2. The summed E-state index contributed by atoms with van der Waals surface area (Å²) in [7, 11) is -1.39. The van der Waals surface area contributed by atoms with Gasteiger partial charge in [0.15, 0.2) is 23.0 Å². The summed E-state index contributed by atoms with van der Waals surface area (Å²) in [6, 6.07) is 5.74. The molecule has 0 unspecified atom stereocenters. The number of piperazine rings is 2. The predicted octanol–water partition coefficient (Wildman–Crippen LogP) is 1.33. The van der Waals surface area contributed by atoms with E-state index >= 15 is 0 Å². The normalized spacial score (nSPS) is 22.9. The Morgan fingerprint density at radius 2 is 1.42 bits per heavy atom. The van der Waals surface area contributed by atoms with Gasteiger partial charge in [-0.25, -0.2) is 24.5 Å². The number of fused-ring (bicyclic) bond motifs is 2. The molecule has 4 fully saturated rings. The van der Waals surface area contributed by atoms with Crippen LogP contribution in [0.1, 0.15) is 44.0 Å². The number of aromatic nitrogens is 4. The Hall–Kier alpha value is -4.62. The maximum Gasteiger partial charge on any atom is 0.492 e. The molecule has 0 saturated carbocycles. The van der Waals surface area contributed by atoms with E-state index < -0.39 is 18.8 Å². The van der Waals surface area contributed by atoms with E-state index in [1.807, 2.05) is 0 Å². The van der Waals surface area contributed by atoms with Crippen molar-refractivity contribution in [2.45, 2.75) is 56.8 Å². The Morgan fingerprint density at radius 1 is 0.920 bits per heavy atom. The summed E-state index contributed by atoms with van der Waals surface area (Å²) in [6.45, 7) is 6.65. The van der Waals surface area contributed by atoms with Gasteiger partial charge in [-0.2, -0.15) is 10.5 Å². The van der Waals surface area contributed by atoms with Crippen molar-refractivity contribution in [1.29, 1.82) is 16.1 Å². The second kappa shape index (κ2) is 17.9. The van der Waals surface area contributed by atoms with Crippen molar-refractivity contribution < 1.29 is 28.3 Å². The van der Waals surface area contributed by atoms with Crippen LogP contribution in [-0.4, -0.2) is 135 Å². The highest BCUT2D eigenvalue weighted by molar-refractivity contribution is 7.74. The quantitative estimate of drug-likeness (QED) is 0.136. The average molecular weight is 706 g/mol. The number of nitriles is 2. The van der Waals surface area contributed by atoms with Gasteiger partial charge >= 0.3 is 13.0 Å². The van der Waals surface area contributed by atoms with E-state index in [4.69, 9.17) is 22.5 Å². The fourth-order valence-corrected chi connectivity index (χ4v) is 7.84. The van der Waals surface area contributed by atoms with Gasteiger partial charge in [-0.1, -0.05) is 5.92 Å². The molecular formula is C32H42N12O5P+. The summed E-state index contributed by atoms with van der Waals surface area (Å²) < 4.78 is 20.3. The molecule has 2 N–H and O–H groups in total. The minimum absolute atomic E-state index is 0.241. The minimum atomic E-state index is -3.63. The second-order valence-corrected chi connectivity index (χ2v) is 14.0. The third kappa shape index (κ3) is 8.56. The van der Waals surface area contributed by atoms with E-state index in [9.17, 15) is 14.5 Å². The zero-order chi connectivity index (χ0) is 36.3. The van der Waals surface area contributed by atoms with Crippen LogP contribution < -0.4 is 9.80 Å². The number of ketones is 1. The van der Waals surface area contributed by atoms with Gasteiger partial charge in [0.1, 0.15) is 12.1 Å².